The quantitative estimate of drug-likeness (QED) is 0.492. The van der Waals surface area contributed by atoms with Gasteiger partial charge in [-0.2, -0.15) is 0 Å². The molecule has 3 aromatic carbocycles. The van der Waals surface area contributed by atoms with E-state index in [1.54, 1.807) is 53.3 Å². The van der Waals surface area contributed by atoms with E-state index in [0.29, 0.717) is 5.69 Å². The molecule has 1 heterocycles. The standard InChI is InChI=1S/C23H21N2O3S/c1-17-6-12-22(13-7-17)29(26,27)24-20-8-10-21(11-9-20)25-15-14-23(28-25)19-5-3-4-18(2)16-19/h3-16,24H,1-2H3/q+1. The van der Waals surface area contributed by atoms with Crippen LogP contribution in [0.5, 0.6) is 0 Å². The number of nitrogens with zero attached hydrogens (tertiary/aromatic N) is 1. The van der Waals surface area contributed by atoms with Gasteiger partial charge in [0.2, 0.25) is 12.0 Å². The average Bonchev–Trinajstić information content (AvgIpc) is 3.19. The van der Waals surface area contributed by atoms with Crippen LogP contribution in [0.4, 0.5) is 5.69 Å². The zero-order chi connectivity index (χ0) is 20.4. The van der Waals surface area contributed by atoms with Gasteiger partial charge in [-0.25, -0.2) is 12.9 Å². The molecular formula is C23H21N2O3S+. The minimum Gasteiger partial charge on any atom is -0.280 e. The monoisotopic (exact) mass is 405 g/mol. The molecule has 0 aliphatic carbocycles. The van der Waals surface area contributed by atoms with Crippen molar-refractivity contribution in [2.24, 2.45) is 0 Å². The van der Waals surface area contributed by atoms with Crippen molar-refractivity contribution in [2.75, 3.05) is 4.72 Å². The summed E-state index contributed by atoms with van der Waals surface area (Å²) in [4.78, 5) is 0.232. The van der Waals surface area contributed by atoms with E-state index < -0.39 is 10.0 Å². The first kappa shape index (κ1) is 19.0. The summed E-state index contributed by atoms with van der Waals surface area (Å²) in [5.41, 5.74) is 4.46. The van der Waals surface area contributed by atoms with Gasteiger partial charge in [-0.3, -0.25) is 4.72 Å². The summed E-state index contributed by atoms with van der Waals surface area (Å²) < 4.78 is 35.2. The minimum atomic E-state index is -3.62. The Morgan fingerprint density at radius 3 is 2.24 bits per heavy atom. The SMILES string of the molecule is Cc1ccc(S(=O)(=O)Nc2ccc(-[n+]3ccc(-c4cccc(C)c4)o3)cc2)cc1. The van der Waals surface area contributed by atoms with Crippen LogP contribution in [0.1, 0.15) is 11.1 Å². The molecule has 0 aliphatic rings. The summed E-state index contributed by atoms with van der Waals surface area (Å²) in [6.45, 7) is 3.95. The number of aryl methyl sites for hydroxylation is 2. The molecule has 0 atom stereocenters. The lowest BCUT2D eigenvalue weighted by molar-refractivity contribution is -0.782. The highest BCUT2D eigenvalue weighted by molar-refractivity contribution is 7.92. The molecule has 0 unspecified atom stereocenters. The fourth-order valence-electron chi connectivity index (χ4n) is 3.00. The summed E-state index contributed by atoms with van der Waals surface area (Å²) >= 11 is 0. The Morgan fingerprint density at radius 2 is 1.55 bits per heavy atom. The smallest absolute Gasteiger partial charge is 0.261 e. The first-order valence-corrected chi connectivity index (χ1v) is 10.7. The maximum Gasteiger partial charge on any atom is 0.261 e. The van der Waals surface area contributed by atoms with Gasteiger partial charge in [0, 0.05) is 28.1 Å². The fraction of sp³-hybridized carbons (Fsp3) is 0.0870. The van der Waals surface area contributed by atoms with Crippen LogP contribution in [0.15, 0.2) is 94.5 Å². The van der Waals surface area contributed by atoms with E-state index in [2.05, 4.69) is 10.8 Å². The van der Waals surface area contributed by atoms with Crippen LogP contribution in [0.2, 0.25) is 0 Å². The Balaban J connectivity index is 1.53. The lowest BCUT2D eigenvalue weighted by atomic mass is 10.1. The molecule has 0 saturated carbocycles. The number of benzene rings is 3. The number of hydrogen-bond donors (Lipinski definition) is 1. The zero-order valence-electron chi connectivity index (χ0n) is 16.2. The van der Waals surface area contributed by atoms with Gasteiger partial charge < -0.3 is 0 Å². The van der Waals surface area contributed by atoms with Crippen molar-refractivity contribution in [1.29, 1.82) is 0 Å². The van der Waals surface area contributed by atoms with Crippen LogP contribution < -0.4 is 9.46 Å². The molecule has 1 N–H and O–H groups in total. The normalized spacial score (nSPS) is 11.4. The van der Waals surface area contributed by atoms with Crippen molar-refractivity contribution in [1.82, 2.24) is 0 Å². The summed E-state index contributed by atoms with van der Waals surface area (Å²) in [6.07, 6.45) is 1.84. The lowest BCUT2D eigenvalue weighted by Crippen LogP contribution is -2.26. The number of nitrogens with one attached hydrogen (secondary N) is 1. The van der Waals surface area contributed by atoms with E-state index in [-0.39, 0.29) is 4.90 Å². The Hall–Kier alpha value is -3.38. The van der Waals surface area contributed by atoms with E-state index >= 15 is 0 Å². The molecule has 4 aromatic rings. The molecule has 5 nitrogen and oxygen atoms in total. The Kier molecular flexibility index (Phi) is 4.94. The van der Waals surface area contributed by atoms with Gasteiger partial charge in [0.1, 0.15) is 0 Å². The lowest BCUT2D eigenvalue weighted by Gasteiger charge is -2.08. The number of rotatable bonds is 5. The first-order chi connectivity index (χ1) is 13.9. The summed E-state index contributed by atoms with van der Waals surface area (Å²) in [7, 11) is -3.62. The van der Waals surface area contributed by atoms with Gasteiger partial charge in [-0.15, -0.1) is 0 Å². The van der Waals surface area contributed by atoms with E-state index in [1.807, 2.05) is 44.3 Å². The Labute approximate surface area is 170 Å². The van der Waals surface area contributed by atoms with Crippen molar-refractivity contribution in [3.05, 3.63) is 96.2 Å². The van der Waals surface area contributed by atoms with E-state index in [9.17, 15) is 8.42 Å². The molecular weight excluding hydrogens is 384 g/mol. The number of aromatic nitrogens is 1. The van der Waals surface area contributed by atoms with Gasteiger partial charge in [0.25, 0.3) is 15.7 Å². The maximum absolute atomic E-state index is 12.5. The summed E-state index contributed by atoms with van der Waals surface area (Å²) in [6, 6.07) is 23.8. The van der Waals surface area contributed by atoms with Gasteiger partial charge in [-0.1, -0.05) is 41.5 Å². The maximum atomic E-state index is 12.5. The van der Waals surface area contributed by atoms with Crippen molar-refractivity contribution in [3.8, 4) is 17.0 Å². The van der Waals surface area contributed by atoms with Crippen molar-refractivity contribution in [3.63, 3.8) is 0 Å². The van der Waals surface area contributed by atoms with Crippen LogP contribution in [0.3, 0.4) is 0 Å². The molecule has 6 heteroatoms. The largest absolute Gasteiger partial charge is 0.280 e. The minimum absolute atomic E-state index is 0.232. The zero-order valence-corrected chi connectivity index (χ0v) is 17.0. The van der Waals surface area contributed by atoms with E-state index in [4.69, 9.17) is 4.52 Å². The molecule has 0 radical (unpaired) electrons. The number of sulfonamides is 1. The highest BCUT2D eigenvalue weighted by atomic mass is 32.2. The Morgan fingerprint density at radius 1 is 0.828 bits per heavy atom. The molecule has 0 fully saturated rings. The van der Waals surface area contributed by atoms with Crippen molar-refractivity contribution >= 4 is 15.7 Å². The molecule has 0 amide bonds. The number of anilines is 1. The van der Waals surface area contributed by atoms with Gasteiger partial charge in [-0.05, 0) is 44.2 Å². The highest BCUT2D eigenvalue weighted by Gasteiger charge is 2.17. The van der Waals surface area contributed by atoms with Gasteiger partial charge in [0.15, 0.2) is 0 Å². The molecule has 146 valence electrons. The fourth-order valence-corrected chi connectivity index (χ4v) is 4.05. The van der Waals surface area contributed by atoms with Crippen molar-refractivity contribution < 1.29 is 17.7 Å². The summed E-state index contributed by atoms with van der Waals surface area (Å²) in [5.74, 6) is 0.762. The van der Waals surface area contributed by atoms with Crippen molar-refractivity contribution in [2.45, 2.75) is 18.7 Å². The van der Waals surface area contributed by atoms with Crippen LogP contribution in [0.25, 0.3) is 17.0 Å². The predicted molar refractivity (Wildman–Crippen MR) is 112 cm³/mol. The number of hydrogen-bond acceptors (Lipinski definition) is 3. The van der Waals surface area contributed by atoms with E-state index in [1.165, 1.54) is 0 Å². The molecule has 1 aromatic heterocycles. The Bertz CT molecular complexity index is 1240. The third-order valence-corrected chi connectivity index (χ3v) is 5.96. The second-order valence-corrected chi connectivity index (χ2v) is 8.61. The molecule has 0 aliphatic heterocycles. The molecule has 0 bridgehead atoms. The van der Waals surface area contributed by atoms with Crippen LogP contribution >= 0.6 is 0 Å². The molecule has 0 spiro atoms. The third kappa shape index (κ3) is 4.22. The molecule has 29 heavy (non-hydrogen) atoms. The van der Waals surface area contributed by atoms with Crippen LogP contribution in [0, 0.1) is 13.8 Å². The average molecular weight is 405 g/mol. The van der Waals surface area contributed by atoms with Crippen LogP contribution in [-0.4, -0.2) is 8.42 Å². The van der Waals surface area contributed by atoms with Gasteiger partial charge in [0.05, 0.1) is 11.0 Å². The second-order valence-electron chi connectivity index (χ2n) is 6.93. The second kappa shape index (κ2) is 7.56. The molecule has 0 saturated heterocycles. The van der Waals surface area contributed by atoms with Gasteiger partial charge >= 0.3 is 0 Å². The van der Waals surface area contributed by atoms with E-state index in [0.717, 1.165) is 28.1 Å². The van der Waals surface area contributed by atoms with Crippen LogP contribution in [-0.2, 0) is 10.0 Å². The topological polar surface area (TPSA) is 63.2 Å². The third-order valence-electron chi connectivity index (χ3n) is 4.57. The highest BCUT2D eigenvalue weighted by Crippen LogP contribution is 2.21. The predicted octanol–water partition coefficient (Wildman–Crippen LogP) is 4.64. The summed E-state index contributed by atoms with van der Waals surface area (Å²) in [5, 5.41) is 0. The first-order valence-electron chi connectivity index (χ1n) is 9.20. The molecule has 4 rings (SSSR count).